The lowest BCUT2D eigenvalue weighted by atomic mass is 10.1. The van der Waals surface area contributed by atoms with Gasteiger partial charge in [0.1, 0.15) is 6.10 Å². The van der Waals surface area contributed by atoms with Gasteiger partial charge in [0, 0.05) is 30.3 Å². The molecule has 0 bridgehead atoms. The first-order chi connectivity index (χ1) is 13.5. The molecule has 1 saturated heterocycles. The van der Waals surface area contributed by atoms with Gasteiger partial charge in [0.25, 0.3) is 11.8 Å². The van der Waals surface area contributed by atoms with E-state index in [0.29, 0.717) is 23.5 Å². The third-order valence-electron chi connectivity index (χ3n) is 4.74. The second-order valence-corrected chi connectivity index (χ2v) is 6.83. The second kappa shape index (κ2) is 7.40. The number of pyridine rings is 1. The zero-order chi connectivity index (χ0) is 19.7. The Morgan fingerprint density at radius 2 is 2.07 bits per heavy atom. The topological polar surface area (TPSA) is 98.1 Å². The number of hydrogen-bond donors (Lipinski definition) is 2. The molecule has 2 N–H and O–H groups in total. The van der Waals surface area contributed by atoms with Crippen molar-refractivity contribution in [2.24, 2.45) is 7.05 Å². The quantitative estimate of drug-likeness (QED) is 0.726. The lowest BCUT2D eigenvalue weighted by molar-refractivity contribution is -0.124. The minimum Gasteiger partial charge on any atom is -0.368 e. The van der Waals surface area contributed by atoms with Gasteiger partial charge in [-0.05, 0) is 44.0 Å². The van der Waals surface area contributed by atoms with E-state index in [1.165, 1.54) is 0 Å². The van der Waals surface area contributed by atoms with E-state index in [0.717, 1.165) is 29.6 Å². The second-order valence-electron chi connectivity index (χ2n) is 6.83. The van der Waals surface area contributed by atoms with Gasteiger partial charge in [0.15, 0.2) is 5.65 Å². The summed E-state index contributed by atoms with van der Waals surface area (Å²) in [6.45, 7) is 2.51. The normalized spacial score (nSPS) is 16.3. The van der Waals surface area contributed by atoms with Crippen molar-refractivity contribution in [2.45, 2.75) is 25.9 Å². The van der Waals surface area contributed by atoms with Crippen molar-refractivity contribution in [3.63, 3.8) is 0 Å². The third kappa shape index (κ3) is 3.59. The van der Waals surface area contributed by atoms with Gasteiger partial charge in [-0.3, -0.25) is 14.3 Å². The Balaban J connectivity index is 1.49. The van der Waals surface area contributed by atoms with Crippen molar-refractivity contribution < 1.29 is 14.3 Å². The van der Waals surface area contributed by atoms with Gasteiger partial charge in [-0.2, -0.15) is 5.10 Å². The minimum absolute atomic E-state index is 0.184. The maximum Gasteiger partial charge on any atom is 0.255 e. The molecule has 3 aromatic rings. The van der Waals surface area contributed by atoms with Crippen molar-refractivity contribution in [1.82, 2.24) is 14.8 Å². The van der Waals surface area contributed by atoms with Crippen LogP contribution in [-0.4, -0.2) is 39.3 Å². The molecule has 0 radical (unpaired) electrons. The molecule has 1 atom stereocenters. The highest BCUT2D eigenvalue weighted by Gasteiger charge is 2.23. The van der Waals surface area contributed by atoms with E-state index in [2.05, 4.69) is 20.7 Å². The molecular weight excluding hydrogens is 358 g/mol. The number of ether oxygens (including phenoxy) is 1. The number of aromatic nitrogens is 3. The Morgan fingerprint density at radius 1 is 1.21 bits per heavy atom. The number of rotatable bonds is 4. The number of carbonyl (C=O) groups excluding carboxylic acids is 2. The van der Waals surface area contributed by atoms with Gasteiger partial charge in [0.2, 0.25) is 0 Å². The van der Waals surface area contributed by atoms with Crippen LogP contribution in [0.5, 0.6) is 0 Å². The van der Waals surface area contributed by atoms with Gasteiger partial charge < -0.3 is 15.4 Å². The highest BCUT2D eigenvalue weighted by molar-refractivity contribution is 6.06. The first-order valence-electron chi connectivity index (χ1n) is 9.14. The average Bonchev–Trinajstić information content (AvgIpc) is 3.31. The molecule has 1 aliphatic heterocycles. The summed E-state index contributed by atoms with van der Waals surface area (Å²) in [6, 6.07) is 8.66. The van der Waals surface area contributed by atoms with Crippen molar-refractivity contribution in [3.05, 3.63) is 47.8 Å². The third-order valence-corrected chi connectivity index (χ3v) is 4.74. The molecule has 2 aromatic heterocycles. The van der Waals surface area contributed by atoms with Crippen LogP contribution in [0.2, 0.25) is 0 Å². The summed E-state index contributed by atoms with van der Waals surface area (Å²) < 4.78 is 7.09. The molecule has 3 heterocycles. The zero-order valence-corrected chi connectivity index (χ0v) is 15.7. The van der Waals surface area contributed by atoms with Gasteiger partial charge in [-0.1, -0.05) is 6.07 Å². The summed E-state index contributed by atoms with van der Waals surface area (Å²) >= 11 is 0. The van der Waals surface area contributed by atoms with E-state index in [4.69, 9.17) is 4.74 Å². The number of fused-ring (bicyclic) bond motifs is 1. The molecule has 1 unspecified atom stereocenters. The van der Waals surface area contributed by atoms with Crippen LogP contribution in [-0.2, 0) is 16.6 Å². The van der Waals surface area contributed by atoms with Crippen LogP contribution in [0, 0.1) is 6.92 Å². The maximum atomic E-state index is 12.6. The fourth-order valence-corrected chi connectivity index (χ4v) is 3.32. The Morgan fingerprint density at radius 3 is 2.86 bits per heavy atom. The van der Waals surface area contributed by atoms with Gasteiger partial charge in [0.05, 0.1) is 17.6 Å². The summed E-state index contributed by atoms with van der Waals surface area (Å²) in [5.41, 5.74) is 3.19. The van der Waals surface area contributed by atoms with E-state index < -0.39 is 6.10 Å². The molecular formula is C20H21N5O3. The molecule has 0 aliphatic carbocycles. The van der Waals surface area contributed by atoms with Crippen molar-refractivity contribution >= 4 is 34.2 Å². The fourth-order valence-electron chi connectivity index (χ4n) is 3.32. The van der Waals surface area contributed by atoms with E-state index >= 15 is 0 Å². The SMILES string of the molecule is Cc1nn(C)c2ncc(NC(=O)c3cccc(NC(=O)C4CCCO4)c3)cc12. The summed E-state index contributed by atoms with van der Waals surface area (Å²) in [7, 11) is 1.83. The standard InChI is InChI=1S/C20H21N5O3/c1-12-16-10-15(11-21-18(16)25(2)24-12)23-19(26)13-5-3-6-14(9-13)22-20(27)17-7-4-8-28-17/h3,5-6,9-11,17H,4,7-8H2,1-2H3,(H,22,27)(H,23,26). The van der Waals surface area contributed by atoms with Crippen LogP contribution in [0.3, 0.4) is 0 Å². The van der Waals surface area contributed by atoms with Crippen molar-refractivity contribution in [3.8, 4) is 0 Å². The summed E-state index contributed by atoms with van der Waals surface area (Å²) in [5.74, 6) is -0.465. The summed E-state index contributed by atoms with van der Waals surface area (Å²) in [4.78, 5) is 29.2. The lowest BCUT2D eigenvalue weighted by Crippen LogP contribution is -2.27. The van der Waals surface area contributed by atoms with Crippen LogP contribution in [0.4, 0.5) is 11.4 Å². The summed E-state index contributed by atoms with van der Waals surface area (Å²) in [6.07, 6.45) is 2.78. The van der Waals surface area contributed by atoms with Crippen LogP contribution in [0.25, 0.3) is 11.0 Å². The number of nitrogens with zero attached hydrogens (tertiary/aromatic N) is 3. The molecule has 8 nitrogen and oxygen atoms in total. The predicted molar refractivity (Wildman–Crippen MR) is 105 cm³/mol. The molecule has 8 heteroatoms. The first-order valence-corrected chi connectivity index (χ1v) is 9.14. The van der Waals surface area contributed by atoms with Gasteiger partial charge in [-0.15, -0.1) is 0 Å². The number of aryl methyl sites for hydroxylation is 2. The smallest absolute Gasteiger partial charge is 0.255 e. The van der Waals surface area contributed by atoms with Crippen LogP contribution in [0.1, 0.15) is 28.9 Å². The maximum absolute atomic E-state index is 12.6. The number of benzene rings is 1. The van der Waals surface area contributed by atoms with E-state index in [-0.39, 0.29) is 11.8 Å². The Bertz CT molecular complexity index is 1050. The number of hydrogen-bond acceptors (Lipinski definition) is 5. The van der Waals surface area contributed by atoms with Crippen molar-refractivity contribution in [2.75, 3.05) is 17.2 Å². The highest BCUT2D eigenvalue weighted by atomic mass is 16.5. The summed E-state index contributed by atoms with van der Waals surface area (Å²) in [5, 5.41) is 10.9. The molecule has 1 aliphatic rings. The Kier molecular flexibility index (Phi) is 4.79. The van der Waals surface area contributed by atoms with Gasteiger partial charge >= 0.3 is 0 Å². The molecule has 2 amide bonds. The Labute approximate surface area is 161 Å². The predicted octanol–water partition coefficient (Wildman–Crippen LogP) is 2.65. The van der Waals surface area contributed by atoms with Crippen molar-refractivity contribution in [1.29, 1.82) is 0 Å². The molecule has 0 spiro atoms. The number of carbonyl (C=O) groups is 2. The molecule has 1 fully saturated rings. The van der Waals surface area contributed by atoms with E-state index in [1.54, 1.807) is 35.1 Å². The zero-order valence-electron chi connectivity index (χ0n) is 15.7. The van der Waals surface area contributed by atoms with E-state index in [9.17, 15) is 9.59 Å². The first kappa shape index (κ1) is 18.1. The lowest BCUT2D eigenvalue weighted by Gasteiger charge is -2.11. The molecule has 28 heavy (non-hydrogen) atoms. The largest absolute Gasteiger partial charge is 0.368 e. The molecule has 1 aromatic carbocycles. The van der Waals surface area contributed by atoms with Crippen LogP contribution < -0.4 is 10.6 Å². The molecule has 144 valence electrons. The average molecular weight is 379 g/mol. The van der Waals surface area contributed by atoms with E-state index in [1.807, 2.05) is 20.0 Å². The van der Waals surface area contributed by atoms with Crippen LogP contribution in [0.15, 0.2) is 36.5 Å². The minimum atomic E-state index is -0.419. The van der Waals surface area contributed by atoms with Crippen LogP contribution >= 0.6 is 0 Å². The monoisotopic (exact) mass is 379 g/mol. The number of nitrogens with one attached hydrogen (secondary N) is 2. The molecule has 0 saturated carbocycles. The van der Waals surface area contributed by atoms with Gasteiger partial charge in [-0.25, -0.2) is 4.98 Å². The number of amides is 2. The fraction of sp³-hybridized carbons (Fsp3) is 0.300. The Hall–Kier alpha value is -3.26. The number of anilines is 2. The molecule has 4 rings (SSSR count). The highest BCUT2D eigenvalue weighted by Crippen LogP contribution is 2.21.